The molecule has 1 heterocycles. The fourth-order valence-electron chi connectivity index (χ4n) is 4.31. The minimum Gasteiger partial charge on any atom is -0.356 e. The van der Waals surface area contributed by atoms with Gasteiger partial charge in [0.1, 0.15) is 0 Å². The number of aliphatic imine (C=N–C) groups is 1. The second kappa shape index (κ2) is 7.89. The molecule has 2 N–H and O–H groups in total. The summed E-state index contributed by atoms with van der Waals surface area (Å²) in [4.78, 5) is 18.6. The Bertz CT molecular complexity index is 634. The molecule has 0 unspecified atom stereocenters. The van der Waals surface area contributed by atoms with Crippen LogP contribution in [-0.4, -0.2) is 50.5 Å². The van der Waals surface area contributed by atoms with E-state index in [1.807, 2.05) is 25.2 Å². The standard InChI is InChI=1S/C20H30N4O/c1-21-18(25)17-7-5-6-16(14-17)8-12-23-19(22-2)24-13-11-20(15-24)9-3-4-10-20/h5-7,14H,3-4,8-13,15H2,1-2H3,(H,21,25)(H,22,23). The quantitative estimate of drug-likeness (QED) is 0.653. The van der Waals surface area contributed by atoms with Crippen molar-refractivity contribution in [2.45, 2.75) is 38.5 Å². The molecule has 1 saturated carbocycles. The van der Waals surface area contributed by atoms with Crippen LogP contribution in [0.3, 0.4) is 0 Å². The van der Waals surface area contributed by atoms with Crippen LogP contribution in [-0.2, 0) is 6.42 Å². The Labute approximate surface area is 150 Å². The van der Waals surface area contributed by atoms with E-state index in [1.54, 1.807) is 7.05 Å². The first-order chi connectivity index (χ1) is 12.2. The molecule has 25 heavy (non-hydrogen) atoms. The van der Waals surface area contributed by atoms with Crippen molar-refractivity contribution in [3.8, 4) is 0 Å². The van der Waals surface area contributed by atoms with Crippen LogP contribution in [0.15, 0.2) is 29.3 Å². The molecule has 0 radical (unpaired) electrons. The Morgan fingerprint density at radius 1 is 1.28 bits per heavy atom. The number of amides is 1. The normalized spacial score (nSPS) is 19.4. The number of nitrogens with zero attached hydrogens (tertiary/aromatic N) is 2. The molecule has 3 rings (SSSR count). The molecule has 1 aliphatic carbocycles. The summed E-state index contributed by atoms with van der Waals surface area (Å²) >= 11 is 0. The lowest BCUT2D eigenvalue weighted by Gasteiger charge is -2.26. The van der Waals surface area contributed by atoms with E-state index in [-0.39, 0.29) is 5.91 Å². The Kier molecular flexibility index (Phi) is 5.61. The van der Waals surface area contributed by atoms with Crippen LogP contribution in [0.2, 0.25) is 0 Å². The van der Waals surface area contributed by atoms with Gasteiger partial charge >= 0.3 is 0 Å². The van der Waals surface area contributed by atoms with Crippen LogP contribution >= 0.6 is 0 Å². The topological polar surface area (TPSA) is 56.7 Å². The van der Waals surface area contributed by atoms with Crippen LogP contribution in [0, 0.1) is 5.41 Å². The highest BCUT2D eigenvalue weighted by atomic mass is 16.1. The Balaban J connectivity index is 1.52. The van der Waals surface area contributed by atoms with Gasteiger partial charge in [-0.05, 0) is 48.8 Å². The molecule has 0 atom stereocenters. The summed E-state index contributed by atoms with van der Waals surface area (Å²) in [6, 6.07) is 7.83. The van der Waals surface area contributed by atoms with Gasteiger partial charge in [-0.3, -0.25) is 9.79 Å². The smallest absolute Gasteiger partial charge is 0.251 e. The number of benzene rings is 1. The minimum absolute atomic E-state index is 0.0375. The molecular weight excluding hydrogens is 312 g/mol. The van der Waals surface area contributed by atoms with Crippen molar-refractivity contribution in [3.63, 3.8) is 0 Å². The molecule has 2 aliphatic rings. The fraction of sp³-hybridized carbons (Fsp3) is 0.600. The number of hydrogen-bond acceptors (Lipinski definition) is 2. The van der Waals surface area contributed by atoms with E-state index in [4.69, 9.17) is 0 Å². The molecule has 0 aromatic heterocycles. The molecule has 0 bridgehead atoms. The maximum absolute atomic E-state index is 11.7. The predicted molar refractivity (Wildman–Crippen MR) is 102 cm³/mol. The second-order valence-electron chi connectivity index (χ2n) is 7.38. The van der Waals surface area contributed by atoms with Gasteiger partial charge in [-0.1, -0.05) is 25.0 Å². The lowest BCUT2D eigenvalue weighted by molar-refractivity contribution is 0.0963. The minimum atomic E-state index is -0.0375. The van der Waals surface area contributed by atoms with Crippen LogP contribution in [0.5, 0.6) is 0 Å². The van der Waals surface area contributed by atoms with Crippen LogP contribution in [0.25, 0.3) is 0 Å². The summed E-state index contributed by atoms with van der Waals surface area (Å²) in [7, 11) is 3.53. The van der Waals surface area contributed by atoms with E-state index in [0.717, 1.165) is 37.6 Å². The van der Waals surface area contributed by atoms with E-state index < -0.39 is 0 Å². The Morgan fingerprint density at radius 2 is 2.08 bits per heavy atom. The molecular formula is C20H30N4O. The zero-order chi connectivity index (χ0) is 17.7. The van der Waals surface area contributed by atoms with Crippen LogP contribution in [0.4, 0.5) is 0 Å². The summed E-state index contributed by atoms with van der Waals surface area (Å²) in [5.41, 5.74) is 2.43. The molecule has 1 saturated heterocycles. The number of rotatable bonds is 4. The lowest BCUT2D eigenvalue weighted by atomic mass is 9.86. The molecule has 1 aromatic rings. The predicted octanol–water partition coefficient (Wildman–Crippen LogP) is 2.43. The third-order valence-electron chi connectivity index (χ3n) is 5.73. The van der Waals surface area contributed by atoms with Crippen molar-refractivity contribution in [2.24, 2.45) is 10.4 Å². The van der Waals surface area contributed by atoms with Crippen molar-refractivity contribution in [2.75, 3.05) is 33.7 Å². The molecule has 1 aliphatic heterocycles. The molecule has 1 spiro atoms. The molecule has 5 nitrogen and oxygen atoms in total. The fourth-order valence-corrected chi connectivity index (χ4v) is 4.31. The number of carbonyl (C=O) groups excluding carboxylic acids is 1. The zero-order valence-corrected chi connectivity index (χ0v) is 15.5. The largest absolute Gasteiger partial charge is 0.356 e. The number of guanidine groups is 1. The van der Waals surface area contributed by atoms with Crippen molar-refractivity contribution in [3.05, 3.63) is 35.4 Å². The molecule has 2 fully saturated rings. The Morgan fingerprint density at radius 3 is 2.80 bits per heavy atom. The highest BCUT2D eigenvalue weighted by molar-refractivity contribution is 5.94. The number of nitrogens with one attached hydrogen (secondary N) is 2. The molecule has 5 heteroatoms. The van der Waals surface area contributed by atoms with Gasteiger partial charge in [0.15, 0.2) is 5.96 Å². The van der Waals surface area contributed by atoms with Gasteiger partial charge in [0.05, 0.1) is 0 Å². The number of carbonyl (C=O) groups is 1. The highest BCUT2D eigenvalue weighted by Gasteiger charge is 2.40. The van der Waals surface area contributed by atoms with E-state index in [2.05, 4.69) is 26.6 Å². The maximum atomic E-state index is 11.7. The van der Waals surface area contributed by atoms with Crippen molar-refractivity contribution >= 4 is 11.9 Å². The maximum Gasteiger partial charge on any atom is 0.251 e. The van der Waals surface area contributed by atoms with Gasteiger partial charge < -0.3 is 15.5 Å². The first-order valence-corrected chi connectivity index (χ1v) is 9.42. The number of hydrogen-bond donors (Lipinski definition) is 2. The summed E-state index contributed by atoms with van der Waals surface area (Å²) < 4.78 is 0. The second-order valence-corrected chi connectivity index (χ2v) is 7.38. The lowest BCUT2D eigenvalue weighted by Crippen LogP contribution is -2.41. The van der Waals surface area contributed by atoms with Gasteiger partial charge in [-0.2, -0.15) is 0 Å². The zero-order valence-electron chi connectivity index (χ0n) is 15.5. The van der Waals surface area contributed by atoms with Gasteiger partial charge in [-0.25, -0.2) is 0 Å². The summed E-state index contributed by atoms with van der Waals surface area (Å²) in [5.74, 6) is 0.982. The average molecular weight is 342 g/mol. The third kappa shape index (κ3) is 4.14. The van der Waals surface area contributed by atoms with E-state index in [0.29, 0.717) is 11.0 Å². The SMILES string of the molecule is CN=C(NCCc1cccc(C(=O)NC)c1)N1CCC2(CCCC2)C1. The monoisotopic (exact) mass is 342 g/mol. The summed E-state index contributed by atoms with van der Waals surface area (Å²) in [6.45, 7) is 3.10. The van der Waals surface area contributed by atoms with Crippen LogP contribution in [0.1, 0.15) is 48.0 Å². The van der Waals surface area contributed by atoms with Gasteiger partial charge in [-0.15, -0.1) is 0 Å². The first-order valence-electron chi connectivity index (χ1n) is 9.42. The summed E-state index contributed by atoms with van der Waals surface area (Å²) in [5, 5.41) is 6.18. The first kappa shape index (κ1) is 17.8. The van der Waals surface area contributed by atoms with E-state index in [1.165, 1.54) is 32.1 Å². The Hall–Kier alpha value is -2.04. The van der Waals surface area contributed by atoms with Crippen molar-refractivity contribution in [1.29, 1.82) is 0 Å². The van der Waals surface area contributed by atoms with Crippen molar-refractivity contribution in [1.82, 2.24) is 15.5 Å². The average Bonchev–Trinajstić information content (AvgIpc) is 3.28. The van der Waals surface area contributed by atoms with Gasteiger partial charge in [0.25, 0.3) is 5.91 Å². The van der Waals surface area contributed by atoms with E-state index >= 15 is 0 Å². The summed E-state index contributed by atoms with van der Waals surface area (Å²) in [6.07, 6.45) is 7.73. The van der Waals surface area contributed by atoms with Gasteiger partial charge in [0, 0.05) is 39.3 Å². The van der Waals surface area contributed by atoms with Gasteiger partial charge in [0.2, 0.25) is 0 Å². The van der Waals surface area contributed by atoms with Crippen molar-refractivity contribution < 1.29 is 4.79 Å². The highest BCUT2D eigenvalue weighted by Crippen LogP contribution is 2.45. The molecule has 136 valence electrons. The van der Waals surface area contributed by atoms with Crippen LogP contribution < -0.4 is 10.6 Å². The molecule has 1 amide bonds. The van der Waals surface area contributed by atoms with E-state index in [9.17, 15) is 4.79 Å². The molecule has 1 aromatic carbocycles. The number of likely N-dealkylation sites (tertiary alicyclic amines) is 1. The third-order valence-corrected chi connectivity index (χ3v) is 5.73.